The van der Waals surface area contributed by atoms with Crippen LogP contribution in [0, 0.1) is 0 Å². The third-order valence-corrected chi connectivity index (χ3v) is 6.14. The Kier molecular flexibility index (Phi) is 6.15. The highest BCUT2D eigenvalue weighted by molar-refractivity contribution is 5.36. The number of aromatic amines is 1. The van der Waals surface area contributed by atoms with Crippen molar-refractivity contribution >= 4 is 5.95 Å². The predicted octanol–water partition coefficient (Wildman–Crippen LogP) is 3.73. The first-order chi connectivity index (χ1) is 16.0. The Labute approximate surface area is 194 Å². The first-order valence-corrected chi connectivity index (χ1v) is 11.6. The number of benzene rings is 2. The second-order valence-corrected chi connectivity index (χ2v) is 9.00. The molecule has 0 saturated carbocycles. The second kappa shape index (κ2) is 9.37. The van der Waals surface area contributed by atoms with Crippen molar-refractivity contribution in [2.45, 2.75) is 45.6 Å². The fourth-order valence-electron chi connectivity index (χ4n) is 4.71. The molecule has 5 rings (SSSR count). The van der Waals surface area contributed by atoms with Crippen LogP contribution in [0.3, 0.4) is 0 Å². The van der Waals surface area contributed by atoms with E-state index < -0.39 is 0 Å². The van der Waals surface area contributed by atoms with Crippen molar-refractivity contribution in [2.24, 2.45) is 0 Å². The number of para-hydroxylation sites is 1. The molecular weight excluding hydrogens is 416 g/mol. The van der Waals surface area contributed by atoms with E-state index >= 15 is 0 Å². The molecule has 33 heavy (non-hydrogen) atoms. The molecule has 7 heteroatoms. The van der Waals surface area contributed by atoms with Crippen LogP contribution >= 0.6 is 0 Å². The minimum Gasteiger partial charge on any atom is -0.457 e. The second-order valence-electron chi connectivity index (χ2n) is 9.00. The van der Waals surface area contributed by atoms with Crippen LogP contribution in [0.2, 0.25) is 0 Å². The summed E-state index contributed by atoms with van der Waals surface area (Å²) in [6.45, 7) is 7.82. The summed E-state index contributed by atoms with van der Waals surface area (Å²) in [4.78, 5) is 25.1. The molecule has 2 atom stereocenters. The lowest BCUT2D eigenvalue weighted by molar-refractivity contribution is -0.00576. The Balaban J connectivity index is 1.30. The molecule has 1 saturated heterocycles. The van der Waals surface area contributed by atoms with Gasteiger partial charge in [0.2, 0.25) is 5.95 Å². The molecule has 2 aliphatic rings. The fraction of sp³-hybridized carbons (Fsp3) is 0.385. The van der Waals surface area contributed by atoms with Crippen molar-refractivity contribution in [3.8, 4) is 11.5 Å². The summed E-state index contributed by atoms with van der Waals surface area (Å²) in [6, 6.07) is 18.0. The van der Waals surface area contributed by atoms with Gasteiger partial charge in [0.05, 0.1) is 17.9 Å². The van der Waals surface area contributed by atoms with E-state index in [-0.39, 0.29) is 17.8 Å². The largest absolute Gasteiger partial charge is 0.457 e. The molecule has 172 valence electrons. The molecule has 1 fully saturated rings. The maximum atomic E-state index is 12.8. The number of nitrogens with one attached hydrogen (secondary N) is 1. The molecule has 1 aromatic heterocycles. The first-order valence-electron chi connectivity index (χ1n) is 11.6. The van der Waals surface area contributed by atoms with E-state index in [1.54, 1.807) is 0 Å². The number of rotatable bonds is 5. The van der Waals surface area contributed by atoms with Crippen LogP contribution in [0.15, 0.2) is 59.4 Å². The molecule has 0 bridgehead atoms. The molecule has 0 radical (unpaired) electrons. The SMILES string of the molecule is CC1CN(c2nc3c(c(=O)[nH]2)CCN(Cc2cccc(Oc4ccccc4)c2)C3)CC(C)O1. The summed E-state index contributed by atoms with van der Waals surface area (Å²) in [7, 11) is 0. The van der Waals surface area contributed by atoms with Gasteiger partial charge in [-0.05, 0) is 50.1 Å². The van der Waals surface area contributed by atoms with Gasteiger partial charge in [-0.3, -0.25) is 14.7 Å². The predicted molar refractivity (Wildman–Crippen MR) is 128 cm³/mol. The number of morpholine rings is 1. The number of anilines is 1. The molecule has 1 N–H and O–H groups in total. The maximum absolute atomic E-state index is 12.8. The van der Waals surface area contributed by atoms with Crippen molar-refractivity contribution in [1.82, 2.24) is 14.9 Å². The summed E-state index contributed by atoms with van der Waals surface area (Å²) < 4.78 is 11.8. The topological polar surface area (TPSA) is 70.7 Å². The number of H-pyrrole nitrogens is 1. The minimum absolute atomic E-state index is 0.0142. The molecule has 3 aromatic rings. The Hall–Kier alpha value is -3.16. The number of ether oxygens (including phenoxy) is 2. The van der Waals surface area contributed by atoms with E-state index in [9.17, 15) is 4.79 Å². The van der Waals surface area contributed by atoms with Crippen molar-refractivity contribution < 1.29 is 9.47 Å². The highest BCUT2D eigenvalue weighted by Crippen LogP contribution is 2.24. The third-order valence-electron chi connectivity index (χ3n) is 6.14. The van der Waals surface area contributed by atoms with Crippen LogP contribution in [0.4, 0.5) is 5.95 Å². The number of aromatic nitrogens is 2. The number of hydrogen-bond donors (Lipinski definition) is 1. The average molecular weight is 447 g/mol. The van der Waals surface area contributed by atoms with Crippen LogP contribution in [0.5, 0.6) is 11.5 Å². The van der Waals surface area contributed by atoms with Gasteiger partial charge >= 0.3 is 0 Å². The van der Waals surface area contributed by atoms with E-state index in [2.05, 4.69) is 40.8 Å². The van der Waals surface area contributed by atoms with E-state index in [1.165, 1.54) is 5.56 Å². The third kappa shape index (κ3) is 5.10. The molecule has 0 aliphatic carbocycles. The lowest BCUT2D eigenvalue weighted by Gasteiger charge is -2.36. The number of nitrogens with zero attached hydrogens (tertiary/aromatic N) is 3. The summed E-state index contributed by atoms with van der Waals surface area (Å²) in [5.41, 5.74) is 2.85. The molecule has 2 aliphatic heterocycles. The van der Waals surface area contributed by atoms with Gasteiger partial charge in [-0.15, -0.1) is 0 Å². The average Bonchev–Trinajstić information content (AvgIpc) is 2.79. The summed E-state index contributed by atoms with van der Waals surface area (Å²) in [5, 5.41) is 0. The molecular formula is C26H30N4O3. The Bertz CT molecular complexity index is 1150. The number of fused-ring (bicyclic) bond motifs is 1. The van der Waals surface area contributed by atoms with Crippen LogP contribution < -0.4 is 15.2 Å². The van der Waals surface area contributed by atoms with Crippen LogP contribution in [-0.2, 0) is 24.2 Å². The highest BCUT2D eigenvalue weighted by atomic mass is 16.5. The van der Waals surface area contributed by atoms with Gasteiger partial charge < -0.3 is 14.4 Å². The quantitative estimate of drug-likeness (QED) is 0.644. The van der Waals surface area contributed by atoms with E-state index in [0.717, 1.165) is 48.9 Å². The van der Waals surface area contributed by atoms with E-state index in [4.69, 9.17) is 14.5 Å². The molecule has 0 amide bonds. The van der Waals surface area contributed by atoms with Crippen LogP contribution in [0.1, 0.15) is 30.7 Å². The van der Waals surface area contributed by atoms with Gasteiger partial charge in [-0.25, -0.2) is 4.98 Å². The van der Waals surface area contributed by atoms with Crippen molar-refractivity contribution in [1.29, 1.82) is 0 Å². The van der Waals surface area contributed by atoms with Gasteiger partial charge in [-0.2, -0.15) is 0 Å². The molecule has 0 spiro atoms. The lowest BCUT2D eigenvalue weighted by atomic mass is 10.1. The molecule has 3 heterocycles. The van der Waals surface area contributed by atoms with Gasteiger partial charge in [0.1, 0.15) is 11.5 Å². The zero-order chi connectivity index (χ0) is 22.8. The molecule has 2 aromatic carbocycles. The Morgan fingerprint density at radius 1 is 1.06 bits per heavy atom. The lowest BCUT2D eigenvalue weighted by Crippen LogP contribution is -2.47. The molecule has 7 nitrogen and oxygen atoms in total. The standard InChI is InChI=1S/C26H30N4O3/c1-18-14-30(15-19(2)32-18)26-27-24-17-29(12-11-23(24)25(31)28-26)16-20-7-6-10-22(13-20)33-21-8-4-3-5-9-21/h3-10,13,18-19H,11-12,14-17H2,1-2H3,(H,27,28,31). The Morgan fingerprint density at radius 3 is 2.61 bits per heavy atom. The van der Waals surface area contributed by atoms with Crippen LogP contribution in [0.25, 0.3) is 0 Å². The zero-order valence-corrected chi connectivity index (χ0v) is 19.2. The van der Waals surface area contributed by atoms with Gasteiger partial charge in [0.15, 0.2) is 0 Å². The summed E-state index contributed by atoms with van der Waals surface area (Å²) >= 11 is 0. The summed E-state index contributed by atoms with van der Waals surface area (Å²) in [6.07, 6.45) is 0.919. The monoisotopic (exact) mass is 446 g/mol. The van der Waals surface area contributed by atoms with Crippen molar-refractivity contribution in [3.63, 3.8) is 0 Å². The summed E-state index contributed by atoms with van der Waals surface area (Å²) in [5.74, 6) is 2.30. The van der Waals surface area contributed by atoms with Crippen molar-refractivity contribution in [3.05, 3.63) is 81.8 Å². The van der Waals surface area contributed by atoms with Crippen LogP contribution in [-0.4, -0.2) is 46.7 Å². The van der Waals surface area contributed by atoms with Gasteiger partial charge in [0, 0.05) is 38.3 Å². The minimum atomic E-state index is -0.0142. The highest BCUT2D eigenvalue weighted by Gasteiger charge is 2.27. The number of hydrogen-bond acceptors (Lipinski definition) is 6. The van der Waals surface area contributed by atoms with E-state index in [0.29, 0.717) is 18.9 Å². The van der Waals surface area contributed by atoms with Gasteiger partial charge in [0.25, 0.3) is 5.56 Å². The first kappa shape index (κ1) is 21.7. The van der Waals surface area contributed by atoms with Crippen molar-refractivity contribution in [2.75, 3.05) is 24.5 Å². The van der Waals surface area contributed by atoms with Gasteiger partial charge in [-0.1, -0.05) is 30.3 Å². The fourth-order valence-corrected chi connectivity index (χ4v) is 4.71. The Morgan fingerprint density at radius 2 is 1.82 bits per heavy atom. The molecule has 2 unspecified atom stereocenters. The van der Waals surface area contributed by atoms with E-state index in [1.807, 2.05) is 42.5 Å². The normalized spacial score (nSPS) is 21.0. The zero-order valence-electron chi connectivity index (χ0n) is 19.2. The smallest absolute Gasteiger partial charge is 0.255 e. The maximum Gasteiger partial charge on any atom is 0.255 e.